The molecule has 1 atom stereocenters. The molecule has 2 aliphatic rings. The lowest BCUT2D eigenvalue weighted by Crippen LogP contribution is -2.51. The third kappa shape index (κ3) is 4.90. The van der Waals surface area contributed by atoms with Crippen molar-refractivity contribution in [3.8, 4) is 0 Å². The summed E-state index contributed by atoms with van der Waals surface area (Å²) in [5.74, 6) is -0.557. The summed E-state index contributed by atoms with van der Waals surface area (Å²) in [6.45, 7) is 4.69. The standard InChI is InChI=1S/C22H28FN3O3S/c23-20-6-3-7-22(14-20)30(28,29)26-12-10-24(11-13-26)16-21(27)17-25-9-8-18-4-1-2-5-19(18)15-25/h1-7,14,21,27H,8-13,15-17H2. The Bertz CT molecular complexity index is 977. The largest absolute Gasteiger partial charge is 0.390 e. The Labute approximate surface area is 177 Å². The van der Waals surface area contributed by atoms with Crippen LogP contribution in [0.4, 0.5) is 4.39 Å². The molecule has 1 N–H and O–H groups in total. The molecule has 0 saturated carbocycles. The van der Waals surface area contributed by atoms with Crippen LogP contribution in [0.3, 0.4) is 0 Å². The number of nitrogens with zero attached hydrogens (tertiary/aromatic N) is 3. The summed E-state index contributed by atoms with van der Waals surface area (Å²) in [5, 5.41) is 10.6. The fraction of sp³-hybridized carbons (Fsp3) is 0.455. The molecule has 0 aliphatic carbocycles. The number of halogens is 1. The Morgan fingerprint density at radius 2 is 1.60 bits per heavy atom. The van der Waals surface area contributed by atoms with Crippen LogP contribution in [-0.2, 0) is 23.0 Å². The molecular formula is C22H28FN3O3S. The number of rotatable bonds is 6. The molecule has 2 aromatic carbocycles. The van der Waals surface area contributed by atoms with Crippen LogP contribution in [0.25, 0.3) is 0 Å². The first-order valence-corrected chi connectivity index (χ1v) is 11.8. The fourth-order valence-electron chi connectivity index (χ4n) is 4.29. The molecule has 0 bridgehead atoms. The van der Waals surface area contributed by atoms with Crippen molar-refractivity contribution >= 4 is 10.0 Å². The Hall–Kier alpha value is -1.84. The Morgan fingerprint density at radius 1 is 0.900 bits per heavy atom. The van der Waals surface area contributed by atoms with E-state index in [2.05, 4.69) is 34.1 Å². The van der Waals surface area contributed by atoms with Gasteiger partial charge < -0.3 is 5.11 Å². The maximum atomic E-state index is 13.4. The molecule has 0 spiro atoms. The summed E-state index contributed by atoms with van der Waals surface area (Å²) in [7, 11) is -3.69. The third-order valence-electron chi connectivity index (χ3n) is 5.91. The molecular weight excluding hydrogens is 405 g/mol. The maximum Gasteiger partial charge on any atom is 0.243 e. The summed E-state index contributed by atoms with van der Waals surface area (Å²) >= 11 is 0. The fourth-order valence-corrected chi connectivity index (χ4v) is 5.75. The van der Waals surface area contributed by atoms with Crippen LogP contribution in [0.2, 0.25) is 0 Å². The zero-order valence-corrected chi connectivity index (χ0v) is 17.8. The maximum absolute atomic E-state index is 13.4. The van der Waals surface area contributed by atoms with Crippen LogP contribution in [0, 0.1) is 5.82 Å². The predicted octanol–water partition coefficient (Wildman–Crippen LogP) is 1.55. The molecule has 1 saturated heterocycles. The lowest BCUT2D eigenvalue weighted by molar-refractivity contribution is 0.0582. The Balaban J connectivity index is 1.27. The molecule has 2 heterocycles. The van der Waals surface area contributed by atoms with E-state index < -0.39 is 21.9 Å². The first-order valence-electron chi connectivity index (χ1n) is 10.4. The molecule has 30 heavy (non-hydrogen) atoms. The van der Waals surface area contributed by atoms with E-state index in [0.29, 0.717) is 39.3 Å². The summed E-state index contributed by atoms with van der Waals surface area (Å²) in [5.41, 5.74) is 2.71. The second-order valence-corrected chi connectivity index (χ2v) is 10.0. The first-order chi connectivity index (χ1) is 14.4. The van der Waals surface area contributed by atoms with Gasteiger partial charge in [-0.25, -0.2) is 12.8 Å². The lowest BCUT2D eigenvalue weighted by Gasteiger charge is -2.36. The first kappa shape index (κ1) is 21.4. The Morgan fingerprint density at radius 3 is 2.33 bits per heavy atom. The average Bonchev–Trinajstić information content (AvgIpc) is 2.74. The minimum absolute atomic E-state index is 0.0126. The molecule has 8 heteroatoms. The van der Waals surface area contributed by atoms with Crippen LogP contribution in [-0.4, -0.2) is 79.5 Å². The SMILES string of the molecule is O=S(=O)(c1cccc(F)c1)N1CCN(CC(O)CN2CCc3ccccc3C2)CC1. The van der Waals surface area contributed by atoms with E-state index in [9.17, 15) is 17.9 Å². The van der Waals surface area contributed by atoms with Gasteiger partial charge in [0, 0.05) is 52.4 Å². The number of β-amino-alcohol motifs (C(OH)–C–C–N with tert-alkyl or cyclic N) is 1. The van der Waals surface area contributed by atoms with Crippen molar-refractivity contribution in [2.75, 3.05) is 45.8 Å². The van der Waals surface area contributed by atoms with E-state index in [4.69, 9.17) is 0 Å². The number of fused-ring (bicyclic) bond motifs is 1. The van der Waals surface area contributed by atoms with E-state index in [1.165, 1.54) is 33.6 Å². The van der Waals surface area contributed by atoms with Gasteiger partial charge in [-0.2, -0.15) is 4.31 Å². The van der Waals surface area contributed by atoms with Gasteiger partial charge in [-0.15, -0.1) is 0 Å². The van der Waals surface area contributed by atoms with Gasteiger partial charge in [0.25, 0.3) is 0 Å². The van der Waals surface area contributed by atoms with Gasteiger partial charge in [0.2, 0.25) is 10.0 Å². The monoisotopic (exact) mass is 433 g/mol. The molecule has 0 radical (unpaired) electrons. The molecule has 6 nitrogen and oxygen atoms in total. The molecule has 0 amide bonds. The zero-order valence-electron chi connectivity index (χ0n) is 17.0. The lowest BCUT2D eigenvalue weighted by atomic mass is 10.00. The topological polar surface area (TPSA) is 64.1 Å². The minimum Gasteiger partial charge on any atom is -0.390 e. The van der Waals surface area contributed by atoms with Crippen molar-refractivity contribution < 1.29 is 17.9 Å². The molecule has 2 aromatic rings. The van der Waals surface area contributed by atoms with Crippen LogP contribution in [0.1, 0.15) is 11.1 Å². The van der Waals surface area contributed by atoms with Crippen LogP contribution >= 0.6 is 0 Å². The summed E-state index contributed by atoms with van der Waals surface area (Å²) < 4.78 is 40.2. The van der Waals surface area contributed by atoms with E-state index in [1.54, 1.807) is 0 Å². The summed E-state index contributed by atoms with van der Waals surface area (Å²) in [4.78, 5) is 4.36. The quantitative estimate of drug-likeness (QED) is 0.749. The van der Waals surface area contributed by atoms with Crippen molar-refractivity contribution in [3.63, 3.8) is 0 Å². The number of sulfonamides is 1. The van der Waals surface area contributed by atoms with Crippen molar-refractivity contribution in [3.05, 3.63) is 65.5 Å². The van der Waals surface area contributed by atoms with Gasteiger partial charge in [0.05, 0.1) is 11.0 Å². The highest BCUT2D eigenvalue weighted by Crippen LogP contribution is 2.20. The van der Waals surface area contributed by atoms with Gasteiger partial charge >= 0.3 is 0 Å². The predicted molar refractivity (Wildman–Crippen MR) is 113 cm³/mol. The summed E-state index contributed by atoms with van der Waals surface area (Å²) in [6, 6.07) is 13.6. The second-order valence-electron chi connectivity index (χ2n) is 8.07. The number of benzene rings is 2. The van der Waals surface area contributed by atoms with E-state index in [0.717, 1.165) is 25.6 Å². The van der Waals surface area contributed by atoms with Gasteiger partial charge in [-0.1, -0.05) is 30.3 Å². The molecule has 162 valence electrons. The van der Waals surface area contributed by atoms with Gasteiger partial charge in [0.1, 0.15) is 5.82 Å². The average molecular weight is 434 g/mol. The van der Waals surface area contributed by atoms with Crippen molar-refractivity contribution in [2.24, 2.45) is 0 Å². The van der Waals surface area contributed by atoms with Crippen LogP contribution in [0.15, 0.2) is 53.4 Å². The van der Waals surface area contributed by atoms with Crippen molar-refractivity contribution in [2.45, 2.75) is 24.0 Å². The molecule has 0 aromatic heterocycles. The van der Waals surface area contributed by atoms with E-state index in [1.807, 2.05) is 0 Å². The van der Waals surface area contributed by atoms with Gasteiger partial charge in [0.15, 0.2) is 0 Å². The van der Waals surface area contributed by atoms with Crippen LogP contribution < -0.4 is 0 Å². The number of hydrogen-bond acceptors (Lipinski definition) is 5. The molecule has 1 unspecified atom stereocenters. The zero-order chi connectivity index (χ0) is 21.1. The second kappa shape index (κ2) is 9.11. The highest BCUT2D eigenvalue weighted by atomic mass is 32.2. The third-order valence-corrected chi connectivity index (χ3v) is 7.81. The minimum atomic E-state index is -3.69. The number of piperazine rings is 1. The highest BCUT2D eigenvalue weighted by molar-refractivity contribution is 7.89. The number of aliphatic hydroxyl groups is 1. The summed E-state index contributed by atoms with van der Waals surface area (Å²) in [6.07, 6.45) is 0.515. The molecule has 4 rings (SSSR count). The van der Waals surface area contributed by atoms with Gasteiger partial charge in [-0.3, -0.25) is 9.80 Å². The van der Waals surface area contributed by atoms with E-state index in [-0.39, 0.29) is 4.90 Å². The number of hydrogen-bond donors (Lipinski definition) is 1. The molecule has 2 aliphatic heterocycles. The number of aliphatic hydroxyl groups excluding tert-OH is 1. The normalized spacial score (nSPS) is 20.1. The van der Waals surface area contributed by atoms with Crippen molar-refractivity contribution in [1.82, 2.24) is 14.1 Å². The molecule has 1 fully saturated rings. The Kier molecular flexibility index (Phi) is 6.50. The highest BCUT2D eigenvalue weighted by Gasteiger charge is 2.29. The smallest absolute Gasteiger partial charge is 0.243 e. The van der Waals surface area contributed by atoms with Gasteiger partial charge in [-0.05, 0) is 35.7 Å². The van der Waals surface area contributed by atoms with E-state index >= 15 is 0 Å². The van der Waals surface area contributed by atoms with Crippen LogP contribution in [0.5, 0.6) is 0 Å². The van der Waals surface area contributed by atoms with Crippen molar-refractivity contribution in [1.29, 1.82) is 0 Å².